The number of halogens is 1. The van der Waals surface area contributed by atoms with Crippen LogP contribution in [0.25, 0.3) is 5.69 Å². The van der Waals surface area contributed by atoms with Gasteiger partial charge in [-0.1, -0.05) is 12.1 Å². The molecule has 1 aromatic heterocycles. The van der Waals surface area contributed by atoms with Crippen molar-refractivity contribution in [1.29, 1.82) is 0 Å². The van der Waals surface area contributed by atoms with Crippen LogP contribution in [0, 0.1) is 0 Å². The van der Waals surface area contributed by atoms with Gasteiger partial charge < -0.3 is 9.84 Å². The number of carboxylic acid groups (broad SMARTS) is 1. The van der Waals surface area contributed by atoms with E-state index in [1.165, 1.54) is 0 Å². The zero-order chi connectivity index (χ0) is 14.1. The third-order valence-electron chi connectivity index (χ3n) is 3.13. The first-order valence-electron chi connectivity index (χ1n) is 6.34. The molecular weight excluding hydrogens is 324 g/mol. The molecule has 1 aromatic carbocycles. The quantitative estimate of drug-likeness (QED) is 0.911. The van der Waals surface area contributed by atoms with Crippen LogP contribution in [0.5, 0.6) is 5.88 Å². The van der Waals surface area contributed by atoms with Crippen molar-refractivity contribution in [1.82, 2.24) is 9.78 Å². The van der Waals surface area contributed by atoms with Crippen molar-refractivity contribution in [2.75, 3.05) is 6.61 Å². The highest BCUT2D eigenvalue weighted by atomic mass is 79.9. The largest absolute Gasteiger partial charge is 0.479 e. The number of carbonyl (C=O) groups is 1. The molecule has 0 amide bonds. The van der Waals surface area contributed by atoms with Gasteiger partial charge in [-0.25, -0.2) is 9.48 Å². The lowest BCUT2D eigenvalue weighted by Gasteiger charge is -2.07. The van der Waals surface area contributed by atoms with Crippen molar-refractivity contribution >= 4 is 21.9 Å². The van der Waals surface area contributed by atoms with Crippen LogP contribution in [0.3, 0.4) is 0 Å². The van der Waals surface area contributed by atoms with E-state index in [1.807, 2.05) is 35.0 Å². The van der Waals surface area contributed by atoms with E-state index >= 15 is 0 Å². The van der Waals surface area contributed by atoms with E-state index in [2.05, 4.69) is 21.0 Å². The number of aliphatic carboxylic acids is 1. The molecule has 2 aromatic rings. The molecular formula is C14H13BrN2O3. The SMILES string of the molecule is O=C(O)COc1cc(C2CC2)n(-c2ccccc2Br)n1. The Morgan fingerprint density at radius 1 is 1.45 bits per heavy atom. The second-order valence-corrected chi connectivity index (χ2v) is 5.58. The van der Waals surface area contributed by atoms with Gasteiger partial charge in [-0.3, -0.25) is 0 Å². The van der Waals surface area contributed by atoms with Crippen LogP contribution in [0.4, 0.5) is 0 Å². The second kappa shape index (κ2) is 5.28. The van der Waals surface area contributed by atoms with Gasteiger partial charge >= 0.3 is 5.97 Å². The number of ether oxygens (including phenoxy) is 1. The van der Waals surface area contributed by atoms with E-state index in [-0.39, 0.29) is 6.61 Å². The topological polar surface area (TPSA) is 64.3 Å². The van der Waals surface area contributed by atoms with E-state index in [0.29, 0.717) is 11.8 Å². The summed E-state index contributed by atoms with van der Waals surface area (Å²) in [6, 6.07) is 9.63. The highest BCUT2D eigenvalue weighted by molar-refractivity contribution is 9.10. The molecule has 0 unspecified atom stereocenters. The summed E-state index contributed by atoms with van der Waals surface area (Å²) in [6.45, 7) is -0.378. The Kier molecular flexibility index (Phi) is 3.48. The van der Waals surface area contributed by atoms with Crippen molar-refractivity contribution in [2.24, 2.45) is 0 Å². The summed E-state index contributed by atoms with van der Waals surface area (Å²) >= 11 is 3.51. The number of para-hydroxylation sites is 1. The monoisotopic (exact) mass is 336 g/mol. The summed E-state index contributed by atoms with van der Waals surface area (Å²) in [5, 5.41) is 13.0. The maximum absolute atomic E-state index is 10.6. The number of aromatic nitrogens is 2. The molecule has 1 saturated carbocycles. The van der Waals surface area contributed by atoms with Gasteiger partial charge in [0.2, 0.25) is 5.88 Å². The molecule has 20 heavy (non-hydrogen) atoms. The third kappa shape index (κ3) is 2.70. The first kappa shape index (κ1) is 13.2. The molecule has 0 aliphatic heterocycles. The smallest absolute Gasteiger partial charge is 0.341 e. The zero-order valence-electron chi connectivity index (χ0n) is 10.6. The van der Waals surface area contributed by atoms with Crippen molar-refractivity contribution < 1.29 is 14.6 Å². The standard InChI is InChI=1S/C14H13BrN2O3/c15-10-3-1-2-4-11(10)17-12(9-5-6-9)7-13(16-17)20-8-14(18)19/h1-4,7,9H,5-6,8H2,(H,18,19). The molecule has 6 heteroatoms. The average molecular weight is 337 g/mol. The predicted octanol–water partition coefficient (Wildman–Crippen LogP) is 2.98. The molecule has 104 valence electrons. The number of carboxylic acids is 1. The zero-order valence-corrected chi connectivity index (χ0v) is 12.2. The van der Waals surface area contributed by atoms with Crippen molar-refractivity contribution in [3.63, 3.8) is 0 Å². The Hall–Kier alpha value is -1.82. The Balaban J connectivity index is 1.96. The van der Waals surface area contributed by atoms with Gasteiger partial charge in [0.05, 0.1) is 11.4 Å². The van der Waals surface area contributed by atoms with E-state index in [1.54, 1.807) is 0 Å². The van der Waals surface area contributed by atoms with Crippen LogP contribution in [-0.2, 0) is 4.79 Å². The Morgan fingerprint density at radius 2 is 2.20 bits per heavy atom. The molecule has 0 radical (unpaired) electrons. The molecule has 3 rings (SSSR count). The number of hydrogen-bond donors (Lipinski definition) is 1. The van der Waals surface area contributed by atoms with Crippen molar-refractivity contribution in [3.05, 3.63) is 40.5 Å². The van der Waals surface area contributed by atoms with Crippen LogP contribution < -0.4 is 4.74 Å². The normalized spacial score (nSPS) is 14.2. The lowest BCUT2D eigenvalue weighted by atomic mass is 10.2. The predicted molar refractivity (Wildman–Crippen MR) is 76.4 cm³/mol. The van der Waals surface area contributed by atoms with E-state index in [0.717, 1.165) is 28.7 Å². The average Bonchev–Trinajstić information content (AvgIpc) is 3.18. The van der Waals surface area contributed by atoms with Crippen molar-refractivity contribution in [2.45, 2.75) is 18.8 Å². The Morgan fingerprint density at radius 3 is 2.85 bits per heavy atom. The van der Waals surface area contributed by atoms with Crippen molar-refractivity contribution in [3.8, 4) is 11.6 Å². The van der Waals surface area contributed by atoms with Crippen LogP contribution in [-0.4, -0.2) is 27.5 Å². The molecule has 1 N–H and O–H groups in total. The minimum Gasteiger partial charge on any atom is -0.479 e. The van der Waals surface area contributed by atoms with Gasteiger partial charge in [-0.05, 0) is 40.9 Å². The number of hydrogen-bond acceptors (Lipinski definition) is 3. The molecule has 0 saturated heterocycles. The van der Waals surface area contributed by atoms with Gasteiger partial charge in [0.15, 0.2) is 6.61 Å². The minimum atomic E-state index is -1.01. The molecule has 1 aliphatic carbocycles. The van der Waals surface area contributed by atoms with Crippen LogP contribution in [0.2, 0.25) is 0 Å². The first-order valence-corrected chi connectivity index (χ1v) is 7.14. The summed E-state index contributed by atoms with van der Waals surface area (Å²) in [6.07, 6.45) is 2.27. The van der Waals surface area contributed by atoms with Gasteiger partial charge in [-0.15, -0.1) is 5.10 Å². The van der Waals surface area contributed by atoms with Gasteiger partial charge in [0.25, 0.3) is 0 Å². The van der Waals surface area contributed by atoms with Gasteiger partial charge in [-0.2, -0.15) is 0 Å². The van der Waals surface area contributed by atoms with Gasteiger partial charge in [0.1, 0.15) is 0 Å². The third-order valence-corrected chi connectivity index (χ3v) is 3.80. The van der Waals surface area contributed by atoms with E-state index < -0.39 is 5.97 Å². The molecule has 1 fully saturated rings. The molecule has 0 atom stereocenters. The van der Waals surface area contributed by atoms with Crippen LogP contribution >= 0.6 is 15.9 Å². The molecule has 5 nitrogen and oxygen atoms in total. The molecule has 0 spiro atoms. The summed E-state index contributed by atoms with van der Waals surface area (Å²) in [5.41, 5.74) is 2.00. The first-order chi connectivity index (χ1) is 9.65. The summed E-state index contributed by atoms with van der Waals surface area (Å²) in [7, 11) is 0. The second-order valence-electron chi connectivity index (χ2n) is 4.73. The number of benzene rings is 1. The molecule has 1 aliphatic rings. The maximum atomic E-state index is 10.6. The number of rotatable bonds is 5. The number of nitrogens with zero attached hydrogens (tertiary/aromatic N) is 2. The summed E-state index contributed by atoms with van der Waals surface area (Å²) in [4.78, 5) is 10.6. The fourth-order valence-electron chi connectivity index (χ4n) is 2.07. The van der Waals surface area contributed by atoms with E-state index in [9.17, 15) is 4.79 Å². The van der Waals surface area contributed by atoms with E-state index in [4.69, 9.17) is 9.84 Å². The summed E-state index contributed by atoms with van der Waals surface area (Å²) < 4.78 is 7.95. The lowest BCUT2D eigenvalue weighted by Crippen LogP contribution is -2.10. The Bertz CT molecular complexity index is 650. The van der Waals surface area contributed by atoms with Gasteiger partial charge in [0, 0.05) is 16.5 Å². The summed E-state index contributed by atoms with van der Waals surface area (Å²) in [5.74, 6) is -0.171. The van der Waals surface area contributed by atoms with Crippen LogP contribution in [0.1, 0.15) is 24.5 Å². The maximum Gasteiger partial charge on any atom is 0.341 e. The lowest BCUT2D eigenvalue weighted by molar-refractivity contribution is -0.139. The molecule has 0 bridgehead atoms. The fraction of sp³-hybridized carbons (Fsp3) is 0.286. The van der Waals surface area contributed by atoms with Crippen LogP contribution in [0.15, 0.2) is 34.8 Å². The fourth-order valence-corrected chi connectivity index (χ4v) is 2.52. The Labute approximate surface area is 124 Å². The highest BCUT2D eigenvalue weighted by Crippen LogP contribution is 2.42. The highest BCUT2D eigenvalue weighted by Gasteiger charge is 2.29. The minimum absolute atomic E-state index is 0.352. The molecule has 1 heterocycles.